The van der Waals surface area contributed by atoms with Crippen LogP contribution in [0.3, 0.4) is 0 Å². The van der Waals surface area contributed by atoms with Gasteiger partial charge in [-0.25, -0.2) is 4.79 Å². The van der Waals surface area contributed by atoms with Crippen molar-refractivity contribution in [1.82, 2.24) is 0 Å². The summed E-state index contributed by atoms with van der Waals surface area (Å²) in [6, 6.07) is 3.01. The van der Waals surface area contributed by atoms with E-state index in [9.17, 15) is 14.7 Å². The predicted octanol–water partition coefficient (Wildman–Crippen LogP) is -0.395. The number of hydrogen-bond acceptors (Lipinski definition) is 5. The fraction of sp³-hybridized carbons (Fsp3) is 0. The number of aliphatic carboxylic acids is 1. The lowest BCUT2D eigenvalue weighted by molar-refractivity contribution is -0.270. The Kier molecular flexibility index (Phi) is 2.58. The van der Waals surface area contributed by atoms with Gasteiger partial charge in [0, 0.05) is 11.1 Å². The van der Waals surface area contributed by atoms with E-state index in [4.69, 9.17) is 15.5 Å². The summed E-state index contributed by atoms with van der Waals surface area (Å²) in [5.74, 6) is -4.77. The van der Waals surface area contributed by atoms with Crippen LogP contribution in [0.4, 0.5) is 0 Å². The van der Waals surface area contributed by atoms with Crippen molar-refractivity contribution in [3.05, 3.63) is 23.3 Å². The van der Waals surface area contributed by atoms with E-state index in [2.05, 4.69) is 0 Å². The van der Waals surface area contributed by atoms with Gasteiger partial charge < -0.3 is 15.3 Å². The van der Waals surface area contributed by atoms with Crippen molar-refractivity contribution in [2.24, 2.45) is 0 Å². The highest BCUT2D eigenvalue weighted by Gasteiger charge is 2.16. The number of carboxylic acids is 1. The van der Waals surface area contributed by atoms with E-state index in [1.54, 1.807) is 0 Å². The summed E-state index contributed by atoms with van der Waals surface area (Å²) in [7, 11) is 0. The SMILES string of the molecule is N#Cc1cc(C(=O)C(=O)O)cc(O)c1[O-]. The first-order valence-corrected chi connectivity index (χ1v) is 3.69. The summed E-state index contributed by atoms with van der Waals surface area (Å²) >= 11 is 0. The van der Waals surface area contributed by atoms with Crippen LogP contribution in [0.5, 0.6) is 11.5 Å². The molecule has 0 aromatic heterocycles. The van der Waals surface area contributed by atoms with Crippen molar-refractivity contribution in [2.75, 3.05) is 0 Å². The standard InChI is InChI=1S/C9H5NO5/c10-3-5-1-4(8(13)9(14)15)2-6(11)7(5)12/h1-2,11-12H,(H,14,15)/p-1. The molecule has 0 saturated heterocycles. The van der Waals surface area contributed by atoms with Crippen molar-refractivity contribution in [2.45, 2.75) is 0 Å². The van der Waals surface area contributed by atoms with Gasteiger partial charge in [0.05, 0.1) is 6.07 Å². The lowest BCUT2D eigenvalue weighted by Gasteiger charge is -2.11. The molecular formula is C9H4NO5-. The molecule has 0 aliphatic heterocycles. The van der Waals surface area contributed by atoms with Gasteiger partial charge in [0.1, 0.15) is 5.75 Å². The maximum atomic E-state index is 11.0. The molecule has 0 heterocycles. The third kappa shape index (κ3) is 1.86. The van der Waals surface area contributed by atoms with Crippen LogP contribution in [0, 0.1) is 11.3 Å². The fourth-order valence-electron chi connectivity index (χ4n) is 0.951. The highest BCUT2D eigenvalue weighted by atomic mass is 16.4. The molecule has 0 aliphatic rings. The van der Waals surface area contributed by atoms with E-state index in [1.807, 2.05) is 0 Å². The molecule has 6 nitrogen and oxygen atoms in total. The Balaban J connectivity index is 3.36. The maximum Gasteiger partial charge on any atom is 0.377 e. The van der Waals surface area contributed by atoms with Crippen molar-refractivity contribution in [3.8, 4) is 17.6 Å². The molecule has 0 unspecified atom stereocenters. The molecule has 0 atom stereocenters. The lowest BCUT2D eigenvalue weighted by atomic mass is 10.1. The minimum absolute atomic E-state index is 0.406. The molecule has 76 valence electrons. The molecule has 0 amide bonds. The highest BCUT2D eigenvalue weighted by Crippen LogP contribution is 2.27. The summed E-state index contributed by atoms with van der Waals surface area (Å²) in [6.45, 7) is 0. The maximum absolute atomic E-state index is 11.0. The van der Waals surface area contributed by atoms with Crippen LogP contribution in [0.15, 0.2) is 12.1 Å². The first-order valence-electron chi connectivity index (χ1n) is 3.69. The number of benzene rings is 1. The number of nitrogens with zero attached hydrogens (tertiary/aromatic N) is 1. The van der Waals surface area contributed by atoms with E-state index in [-0.39, 0.29) is 0 Å². The zero-order valence-electron chi connectivity index (χ0n) is 7.22. The number of phenolic OH excluding ortho intramolecular Hbond substituents is 1. The number of nitriles is 1. The number of carbonyl (C=O) groups is 2. The monoisotopic (exact) mass is 206 g/mol. The van der Waals surface area contributed by atoms with Gasteiger partial charge in [-0.3, -0.25) is 4.79 Å². The number of rotatable bonds is 2. The molecular weight excluding hydrogens is 202 g/mol. The number of carboxylic acid groups (broad SMARTS) is 1. The predicted molar refractivity (Wildman–Crippen MR) is 44.2 cm³/mol. The second kappa shape index (κ2) is 3.67. The second-order valence-corrected chi connectivity index (χ2v) is 2.62. The summed E-state index contributed by atoms with van der Waals surface area (Å²) < 4.78 is 0. The third-order valence-electron chi connectivity index (χ3n) is 1.65. The second-order valence-electron chi connectivity index (χ2n) is 2.62. The number of carbonyl (C=O) groups excluding carboxylic acids is 1. The Labute approximate surface area is 83.6 Å². The van der Waals surface area contributed by atoms with Crippen LogP contribution >= 0.6 is 0 Å². The number of ketones is 1. The Morgan fingerprint density at radius 2 is 2.00 bits per heavy atom. The van der Waals surface area contributed by atoms with Crippen LogP contribution in [0.25, 0.3) is 0 Å². The van der Waals surface area contributed by atoms with Gasteiger partial charge in [-0.15, -0.1) is 0 Å². The van der Waals surface area contributed by atoms with E-state index >= 15 is 0 Å². The van der Waals surface area contributed by atoms with Crippen LogP contribution in [0.2, 0.25) is 0 Å². The van der Waals surface area contributed by atoms with E-state index in [1.165, 1.54) is 6.07 Å². The van der Waals surface area contributed by atoms with Crippen LogP contribution in [-0.2, 0) is 4.79 Å². The van der Waals surface area contributed by atoms with Crippen molar-refractivity contribution >= 4 is 11.8 Å². The van der Waals surface area contributed by atoms with Crippen molar-refractivity contribution in [3.63, 3.8) is 0 Å². The molecule has 0 fully saturated rings. The summed E-state index contributed by atoms with van der Waals surface area (Å²) in [6.07, 6.45) is 0. The largest absolute Gasteiger partial charge is 0.869 e. The lowest BCUT2D eigenvalue weighted by Crippen LogP contribution is -2.13. The van der Waals surface area contributed by atoms with E-state index < -0.39 is 34.4 Å². The van der Waals surface area contributed by atoms with Crippen LogP contribution in [0.1, 0.15) is 15.9 Å². The third-order valence-corrected chi connectivity index (χ3v) is 1.65. The molecule has 0 radical (unpaired) electrons. The smallest absolute Gasteiger partial charge is 0.377 e. The Hall–Kier alpha value is -2.55. The van der Waals surface area contributed by atoms with Gasteiger partial charge >= 0.3 is 5.97 Å². The van der Waals surface area contributed by atoms with E-state index in [0.29, 0.717) is 0 Å². The van der Waals surface area contributed by atoms with Gasteiger partial charge in [-0.05, 0) is 17.9 Å². The molecule has 1 aromatic rings. The minimum atomic E-state index is -1.73. The Morgan fingerprint density at radius 1 is 1.40 bits per heavy atom. The molecule has 0 bridgehead atoms. The fourth-order valence-corrected chi connectivity index (χ4v) is 0.951. The number of Topliss-reactive ketones (excluding diaryl/α,β-unsaturated/α-hetero) is 1. The summed E-state index contributed by atoms with van der Waals surface area (Å²) in [5, 5.41) is 36.9. The average Bonchev–Trinajstić information content (AvgIpc) is 2.20. The first kappa shape index (κ1) is 10.5. The van der Waals surface area contributed by atoms with Crippen LogP contribution < -0.4 is 5.11 Å². The molecule has 2 N–H and O–H groups in total. The molecule has 1 rings (SSSR count). The number of hydrogen-bond donors (Lipinski definition) is 2. The normalized spacial score (nSPS) is 9.27. The quantitative estimate of drug-likeness (QED) is 0.501. The molecule has 6 heteroatoms. The Bertz CT molecular complexity index is 486. The molecule has 1 aromatic carbocycles. The van der Waals surface area contributed by atoms with Gasteiger partial charge in [-0.1, -0.05) is 0 Å². The zero-order valence-corrected chi connectivity index (χ0v) is 7.22. The highest BCUT2D eigenvalue weighted by molar-refractivity contribution is 6.40. The Morgan fingerprint density at radius 3 is 2.47 bits per heavy atom. The average molecular weight is 206 g/mol. The molecule has 15 heavy (non-hydrogen) atoms. The van der Waals surface area contributed by atoms with Gasteiger partial charge in [-0.2, -0.15) is 5.26 Å². The van der Waals surface area contributed by atoms with Gasteiger partial charge in [0.25, 0.3) is 5.78 Å². The first-order chi connectivity index (χ1) is 6.97. The summed E-state index contributed by atoms with van der Waals surface area (Å²) in [4.78, 5) is 21.3. The number of aromatic hydroxyl groups is 1. The minimum Gasteiger partial charge on any atom is -0.869 e. The van der Waals surface area contributed by atoms with Crippen LogP contribution in [-0.4, -0.2) is 22.0 Å². The van der Waals surface area contributed by atoms with Crippen molar-refractivity contribution < 1.29 is 24.9 Å². The summed E-state index contributed by atoms with van der Waals surface area (Å²) in [5.41, 5.74) is -0.879. The molecule has 0 aliphatic carbocycles. The molecule has 0 saturated carbocycles. The van der Waals surface area contributed by atoms with Gasteiger partial charge in [0.2, 0.25) is 0 Å². The topological polar surface area (TPSA) is 121 Å². The van der Waals surface area contributed by atoms with Gasteiger partial charge in [0.15, 0.2) is 0 Å². The van der Waals surface area contributed by atoms with Crippen molar-refractivity contribution in [1.29, 1.82) is 5.26 Å². The molecule has 0 spiro atoms. The van der Waals surface area contributed by atoms with E-state index in [0.717, 1.165) is 12.1 Å². The zero-order chi connectivity index (χ0) is 11.6. The number of phenols is 1.